The Kier molecular flexibility index (Phi) is 4.17. The Hall–Kier alpha value is -1.92. The molecule has 0 saturated heterocycles. The lowest BCUT2D eigenvalue weighted by Crippen LogP contribution is -2.25. The highest BCUT2D eigenvalue weighted by Gasteiger charge is 2.17. The standard InChI is InChI=1S/C15H14FNO3S/c16-12-4-10(15-11(5-12)8-19-9-20-15)7-17-14(18)6-13-2-1-3-21-13/h1-5H,6-9H2,(H,17,18). The number of fused-ring (bicyclic) bond motifs is 1. The summed E-state index contributed by atoms with van der Waals surface area (Å²) >= 11 is 1.54. The van der Waals surface area contributed by atoms with Gasteiger partial charge in [0.05, 0.1) is 13.0 Å². The van der Waals surface area contributed by atoms with Gasteiger partial charge in [-0.25, -0.2) is 4.39 Å². The summed E-state index contributed by atoms with van der Waals surface area (Å²) in [6.07, 6.45) is 0.332. The number of halogens is 1. The van der Waals surface area contributed by atoms with E-state index < -0.39 is 0 Å². The first kappa shape index (κ1) is 14.0. The van der Waals surface area contributed by atoms with Gasteiger partial charge in [0.15, 0.2) is 6.79 Å². The Bertz CT molecular complexity index is 643. The highest BCUT2D eigenvalue weighted by molar-refractivity contribution is 7.10. The van der Waals surface area contributed by atoms with E-state index in [0.29, 0.717) is 29.9 Å². The van der Waals surface area contributed by atoms with Crippen LogP contribution in [-0.4, -0.2) is 12.7 Å². The molecule has 1 amide bonds. The third-order valence-corrected chi connectivity index (χ3v) is 4.02. The zero-order valence-electron chi connectivity index (χ0n) is 11.2. The van der Waals surface area contributed by atoms with Gasteiger partial charge in [-0.2, -0.15) is 0 Å². The molecule has 0 atom stereocenters. The molecular weight excluding hydrogens is 293 g/mol. The van der Waals surface area contributed by atoms with Gasteiger partial charge in [0.2, 0.25) is 5.91 Å². The SMILES string of the molecule is O=C(Cc1cccs1)NCc1cc(F)cc2c1OCOC2. The predicted octanol–water partition coefficient (Wildman–Crippen LogP) is 2.61. The average Bonchev–Trinajstić information content (AvgIpc) is 2.97. The minimum Gasteiger partial charge on any atom is -0.467 e. The summed E-state index contributed by atoms with van der Waals surface area (Å²) in [5, 5.41) is 4.72. The summed E-state index contributed by atoms with van der Waals surface area (Å²) in [6, 6.07) is 6.60. The van der Waals surface area contributed by atoms with Crippen molar-refractivity contribution in [2.24, 2.45) is 0 Å². The molecule has 0 unspecified atom stereocenters. The van der Waals surface area contributed by atoms with Crippen molar-refractivity contribution in [3.05, 3.63) is 51.5 Å². The van der Waals surface area contributed by atoms with Gasteiger partial charge in [-0.3, -0.25) is 4.79 Å². The monoisotopic (exact) mass is 307 g/mol. The number of rotatable bonds is 4. The van der Waals surface area contributed by atoms with Crippen molar-refractivity contribution in [3.63, 3.8) is 0 Å². The number of thiophene rings is 1. The normalized spacial score (nSPS) is 13.4. The molecule has 3 rings (SSSR count). The molecule has 0 saturated carbocycles. The Morgan fingerprint density at radius 3 is 3.14 bits per heavy atom. The molecule has 0 aliphatic carbocycles. The second kappa shape index (κ2) is 6.24. The third-order valence-electron chi connectivity index (χ3n) is 3.14. The number of nitrogens with one attached hydrogen (secondary N) is 1. The molecule has 110 valence electrons. The minimum atomic E-state index is -0.356. The number of carbonyl (C=O) groups excluding carboxylic acids is 1. The van der Waals surface area contributed by atoms with Gasteiger partial charge < -0.3 is 14.8 Å². The van der Waals surface area contributed by atoms with Crippen LogP contribution in [0.3, 0.4) is 0 Å². The summed E-state index contributed by atoms with van der Waals surface area (Å²) < 4.78 is 24.1. The van der Waals surface area contributed by atoms with E-state index in [1.165, 1.54) is 23.5 Å². The lowest BCUT2D eigenvalue weighted by atomic mass is 10.1. The number of ether oxygens (including phenoxy) is 2. The molecule has 6 heteroatoms. The van der Waals surface area contributed by atoms with Crippen molar-refractivity contribution in [2.45, 2.75) is 19.6 Å². The second-order valence-corrected chi connectivity index (χ2v) is 5.73. The van der Waals surface area contributed by atoms with E-state index in [9.17, 15) is 9.18 Å². The molecule has 1 aliphatic rings. The molecule has 2 heterocycles. The summed E-state index contributed by atoms with van der Waals surface area (Å²) in [6.45, 7) is 0.711. The molecule has 2 aromatic rings. The van der Waals surface area contributed by atoms with Gasteiger partial charge in [0, 0.05) is 22.5 Å². The van der Waals surface area contributed by atoms with Crippen molar-refractivity contribution in [1.29, 1.82) is 0 Å². The molecule has 0 fully saturated rings. The lowest BCUT2D eigenvalue weighted by Gasteiger charge is -2.21. The fourth-order valence-corrected chi connectivity index (χ4v) is 2.92. The number of hydrogen-bond donors (Lipinski definition) is 1. The largest absolute Gasteiger partial charge is 0.467 e. The Labute approximate surface area is 125 Å². The smallest absolute Gasteiger partial charge is 0.225 e. The van der Waals surface area contributed by atoms with Crippen LogP contribution in [-0.2, 0) is 29.1 Å². The van der Waals surface area contributed by atoms with Crippen LogP contribution in [0.4, 0.5) is 4.39 Å². The maximum absolute atomic E-state index is 13.6. The summed E-state index contributed by atoms with van der Waals surface area (Å²) in [4.78, 5) is 12.9. The van der Waals surface area contributed by atoms with Crippen LogP contribution in [0.1, 0.15) is 16.0 Å². The first-order valence-corrected chi connectivity index (χ1v) is 7.41. The Morgan fingerprint density at radius 1 is 1.43 bits per heavy atom. The van der Waals surface area contributed by atoms with Gasteiger partial charge >= 0.3 is 0 Å². The number of carbonyl (C=O) groups is 1. The number of benzene rings is 1. The highest BCUT2D eigenvalue weighted by atomic mass is 32.1. The van der Waals surface area contributed by atoms with E-state index in [0.717, 1.165) is 4.88 Å². The highest BCUT2D eigenvalue weighted by Crippen LogP contribution is 2.29. The minimum absolute atomic E-state index is 0.0949. The van der Waals surface area contributed by atoms with E-state index in [1.807, 2.05) is 17.5 Å². The third kappa shape index (κ3) is 3.40. The van der Waals surface area contributed by atoms with Crippen LogP contribution < -0.4 is 10.1 Å². The van der Waals surface area contributed by atoms with Crippen LogP contribution in [0, 0.1) is 5.82 Å². The molecule has 1 aromatic heterocycles. The summed E-state index contributed by atoms with van der Waals surface area (Å²) in [5.74, 6) is 0.159. The zero-order valence-corrected chi connectivity index (χ0v) is 12.0. The molecular formula is C15H14FNO3S. The fraction of sp³-hybridized carbons (Fsp3) is 0.267. The van der Waals surface area contributed by atoms with E-state index in [4.69, 9.17) is 9.47 Å². The van der Waals surface area contributed by atoms with Crippen LogP contribution in [0.2, 0.25) is 0 Å². The average molecular weight is 307 g/mol. The predicted molar refractivity (Wildman–Crippen MR) is 76.6 cm³/mol. The fourth-order valence-electron chi connectivity index (χ4n) is 2.22. The number of amides is 1. The summed E-state index contributed by atoms with van der Waals surface area (Å²) in [7, 11) is 0. The van der Waals surface area contributed by atoms with Gasteiger partial charge in [0.1, 0.15) is 11.6 Å². The first-order valence-electron chi connectivity index (χ1n) is 6.53. The molecule has 0 bridgehead atoms. The van der Waals surface area contributed by atoms with Gasteiger partial charge in [-0.1, -0.05) is 6.07 Å². The molecule has 21 heavy (non-hydrogen) atoms. The van der Waals surface area contributed by atoms with Crippen LogP contribution in [0.25, 0.3) is 0 Å². The number of hydrogen-bond acceptors (Lipinski definition) is 4. The first-order chi connectivity index (χ1) is 10.2. The lowest BCUT2D eigenvalue weighted by molar-refractivity contribution is -0.120. The molecule has 1 aliphatic heterocycles. The maximum Gasteiger partial charge on any atom is 0.225 e. The van der Waals surface area contributed by atoms with Gasteiger partial charge in [-0.15, -0.1) is 11.3 Å². The van der Waals surface area contributed by atoms with E-state index in [1.54, 1.807) is 0 Å². The van der Waals surface area contributed by atoms with Crippen LogP contribution in [0.5, 0.6) is 5.75 Å². The second-order valence-electron chi connectivity index (χ2n) is 4.70. The van der Waals surface area contributed by atoms with Gasteiger partial charge in [0.25, 0.3) is 0 Å². The van der Waals surface area contributed by atoms with Crippen molar-refractivity contribution < 1.29 is 18.7 Å². The molecule has 0 spiro atoms. The maximum atomic E-state index is 13.6. The molecule has 4 nitrogen and oxygen atoms in total. The quantitative estimate of drug-likeness (QED) is 0.944. The van der Waals surface area contributed by atoms with Crippen LogP contribution >= 0.6 is 11.3 Å². The van der Waals surface area contributed by atoms with Crippen molar-refractivity contribution in [3.8, 4) is 5.75 Å². The van der Waals surface area contributed by atoms with Crippen molar-refractivity contribution in [1.82, 2.24) is 5.32 Å². The zero-order chi connectivity index (χ0) is 14.7. The topological polar surface area (TPSA) is 47.6 Å². The van der Waals surface area contributed by atoms with Crippen LogP contribution in [0.15, 0.2) is 29.6 Å². The summed E-state index contributed by atoms with van der Waals surface area (Å²) in [5.41, 5.74) is 1.30. The van der Waals surface area contributed by atoms with Crippen molar-refractivity contribution in [2.75, 3.05) is 6.79 Å². The van der Waals surface area contributed by atoms with Crippen molar-refractivity contribution >= 4 is 17.2 Å². The molecule has 0 radical (unpaired) electrons. The Morgan fingerprint density at radius 2 is 2.33 bits per heavy atom. The Balaban J connectivity index is 1.67. The van der Waals surface area contributed by atoms with E-state index in [2.05, 4.69) is 5.32 Å². The molecule has 1 N–H and O–H groups in total. The van der Waals surface area contributed by atoms with E-state index in [-0.39, 0.29) is 25.1 Å². The molecule has 1 aromatic carbocycles. The van der Waals surface area contributed by atoms with Gasteiger partial charge in [-0.05, 0) is 23.6 Å². The van der Waals surface area contributed by atoms with E-state index >= 15 is 0 Å².